The lowest BCUT2D eigenvalue weighted by Crippen LogP contribution is -2.24. The van der Waals surface area contributed by atoms with Crippen LogP contribution in [-0.2, 0) is 4.57 Å². The average Bonchev–Trinajstić information content (AvgIpc) is 2.74. The molecule has 4 aromatic rings. The van der Waals surface area contributed by atoms with Crippen molar-refractivity contribution in [2.45, 2.75) is 0 Å². The molecule has 0 bridgehead atoms. The van der Waals surface area contributed by atoms with Crippen LogP contribution in [0, 0.1) is 0 Å². The van der Waals surface area contributed by atoms with Gasteiger partial charge in [0.05, 0.1) is 0 Å². The smallest absolute Gasteiger partial charge is 0.171 e. The van der Waals surface area contributed by atoms with Crippen molar-refractivity contribution < 1.29 is 9.67 Å². The maximum absolute atomic E-state index is 14.3. The van der Waals surface area contributed by atoms with Gasteiger partial charge in [0.1, 0.15) is 5.75 Å². The Kier molecular flexibility index (Phi) is 4.66. The van der Waals surface area contributed by atoms with Gasteiger partial charge >= 0.3 is 0 Å². The van der Waals surface area contributed by atoms with Gasteiger partial charge < -0.3 is 9.67 Å². The zero-order valence-electron chi connectivity index (χ0n) is 14.7. The van der Waals surface area contributed by atoms with Crippen LogP contribution in [0.3, 0.4) is 0 Å². The summed E-state index contributed by atoms with van der Waals surface area (Å²) in [5, 5.41) is 12.1. The average molecular weight is 370 g/mol. The van der Waals surface area contributed by atoms with Gasteiger partial charge in [0.15, 0.2) is 7.14 Å². The molecule has 0 spiro atoms. The molecule has 4 rings (SSSR count). The molecule has 0 heterocycles. The van der Waals surface area contributed by atoms with Gasteiger partial charge in [0, 0.05) is 15.9 Å². The van der Waals surface area contributed by atoms with Crippen LogP contribution in [0.25, 0.3) is 11.1 Å². The lowest BCUT2D eigenvalue weighted by atomic mass is 10.1. The largest absolute Gasteiger partial charge is 0.508 e. The summed E-state index contributed by atoms with van der Waals surface area (Å²) in [6.07, 6.45) is 0. The molecule has 0 saturated carbocycles. The van der Waals surface area contributed by atoms with E-state index in [4.69, 9.17) is 0 Å². The monoisotopic (exact) mass is 370 g/mol. The van der Waals surface area contributed by atoms with Crippen molar-refractivity contribution in [3.63, 3.8) is 0 Å². The molecule has 0 amide bonds. The SMILES string of the molecule is O=P(c1ccccc1)(c1ccccc1)c1ccc(-c2cccc(O)c2)cc1. The molecule has 0 unspecified atom stereocenters. The lowest BCUT2D eigenvalue weighted by molar-refractivity contribution is 0.475. The number of benzene rings is 4. The Morgan fingerprint density at radius 3 is 1.56 bits per heavy atom. The molecule has 3 heteroatoms. The Labute approximate surface area is 159 Å². The van der Waals surface area contributed by atoms with Gasteiger partial charge in [-0.05, 0) is 23.3 Å². The molecule has 2 nitrogen and oxygen atoms in total. The Hall–Kier alpha value is -3.09. The second-order valence-corrected chi connectivity index (χ2v) is 9.15. The van der Waals surface area contributed by atoms with E-state index in [0.717, 1.165) is 27.0 Å². The zero-order chi connectivity index (χ0) is 18.7. The van der Waals surface area contributed by atoms with Crippen LogP contribution in [0.15, 0.2) is 109 Å². The molecule has 0 atom stereocenters. The summed E-state index contributed by atoms with van der Waals surface area (Å²) in [5.74, 6) is 0.232. The Bertz CT molecular complexity index is 1040. The van der Waals surface area contributed by atoms with E-state index in [0.29, 0.717) is 0 Å². The van der Waals surface area contributed by atoms with Crippen molar-refractivity contribution in [1.82, 2.24) is 0 Å². The molecule has 0 aliphatic heterocycles. The predicted octanol–water partition coefficient (Wildman–Crippen LogP) is 4.70. The van der Waals surface area contributed by atoms with E-state index >= 15 is 0 Å². The molecular formula is C24H19O2P. The second-order valence-electron chi connectivity index (χ2n) is 6.38. The molecule has 0 saturated heterocycles. The summed E-state index contributed by atoms with van der Waals surface area (Å²) >= 11 is 0. The van der Waals surface area contributed by atoms with Crippen LogP contribution in [0.4, 0.5) is 0 Å². The fourth-order valence-corrected chi connectivity index (χ4v) is 5.92. The maximum Gasteiger partial charge on any atom is 0.171 e. The number of phenols is 1. The van der Waals surface area contributed by atoms with E-state index in [9.17, 15) is 9.67 Å². The lowest BCUT2D eigenvalue weighted by Gasteiger charge is -2.20. The molecular weight excluding hydrogens is 351 g/mol. The fraction of sp³-hybridized carbons (Fsp3) is 0. The van der Waals surface area contributed by atoms with Gasteiger partial charge in [0.2, 0.25) is 0 Å². The quantitative estimate of drug-likeness (QED) is 0.529. The highest BCUT2D eigenvalue weighted by atomic mass is 31.2. The van der Waals surface area contributed by atoms with Crippen molar-refractivity contribution in [2.24, 2.45) is 0 Å². The van der Waals surface area contributed by atoms with E-state index in [-0.39, 0.29) is 5.75 Å². The molecule has 0 aromatic heterocycles. The molecule has 0 aliphatic carbocycles. The van der Waals surface area contributed by atoms with Gasteiger partial charge in [-0.25, -0.2) is 0 Å². The van der Waals surface area contributed by atoms with Crippen LogP contribution >= 0.6 is 7.14 Å². The normalized spacial score (nSPS) is 11.3. The van der Waals surface area contributed by atoms with Crippen LogP contribution in [0.5, 0.6) is 5.75 Å². The fourth-order valence-electron chi connectivity index (χ4n) is 3.27. The highest BCUT2D eigenvalue weighted by Gasteiger charge is 2.29. The van der Waals surface area contributed by atoms with E-state index in [1.54, 1.807) is 12.1 Å². The van der Waals surface area contributed by atoms with Crippen LogP contribution in [-0.4, -0.2) is 5.11 Å². The first-order chi connectivity index (χ1) is 13.2. The Balaban J connectivity index is 1.83. The molecule has 0 radical (unpaired) electrons. The highest BCUT2D eigenvalue weighted by Crippen LogP contribution is 2.42. The summed E-state index contributed by atoms with van der Waals surface area (Å²) in [7, 11) is -2.95. The number of rotatable bonds is 4. The summed E-state index contributed by atoms with van der Waals surface area (Å²) in [6, 6.07) is 34.2. The first-order valence-corrected chi connectivity index (χ1v) is 10.5. The minimum atomic E-state index is -2.95. The second kappa shape index (κ2) is 7.26. The van der Waals surface area contributed by atoms with E-state index in [2.05, 4.69) is 0 Å². The van der Waals surface area contributed by atoms with Crippen molar-refractivity contribution in [1.29, 1.82) is 0 Å². The van der Waals surface area contributed by atoms with Crippen molar-refractivity contribution in [3.05, 3.63) is 109 Å². The van der Waals surface area contributed by atoms with Crippen LogP contribution in [0.1, 0.15) is 0 Å². The first kappa shape index (κ1) is 17.3. The van der Waals surface area contributed by atoms with Gasteiger partial charge in [0.25, 0.3) is 0 Å². The summed E-state index contributed by atoms with van der Waals surface area (Å²) < 4.78 is 14.3. The van der Waals surface area contributed by atoms with Crippen LogP contribution in [0.2, 0.25) is 0 Å². The minimum absolute atomic E-state index is 0.232. The third kappa shape index (κ3) is 3.32. The third-order valence-electron chi connectivity index (χ3n) is 4.65. The molecule has 0 aliphatic rings. The summed E-state index contributed by atoms with van der Waals surface area (Å²) in [5.41, 5.74) is 1.90. The van der Waals surface area contributed by atoms with Crippen molar-refractivity contribution >= 4 is 23.1 Å². The maximum atomic E-state index is 14.3. The zero-order valence-corrected chi connectivity index (χ0v) is 15.6. The summed E-state index contributed by atoms with van der Waals surface area (Å²) in [4.78, 5) is 0. The Morgan fingerprint density at radius 1 is 0.519 bits per heavy atom. The molecule has 4 aromatic carbocycles. The van der Waals surface area contributed by atoms with E-state index in [1.165, 1.54) is 0 Å². The number of phenolic OH excluding ortho intramolecular Hbond substituents is 1. The molecule has 1 N–H and O–H groups in total. The van der Waals surface area contributed by atoms with Crippen molar-refractivity contribution in [3.8, 4) is 16.9 Å². The van der Waals surface area contributed by atoms with Gasteiger partial charge in [-0.3, -0.25) is 0 Å². The molecule has 132 valence electrons. The molecule has 27 heavy (non-hydrogen) atoms. The van der Waals surface area contributed by atoms with Gasteiger partial charge in [-0.2, -0.15) is 0 Å². The standard InChI is InChI=1S/C24H19O2P/c25-21-9-7-8-20(18-21)19-14-16-24(17-15-19)27(26,22-10-3-1-4-11-22)23-12-5-2-6-13-23/h1-18,25H. The minimum Gasteiger partial charge on any atom is -0.508 e. The summed E-state index contributed by atoms with van der Waals surface area (Å²) in [6.45, 7) is 0. The third-order valence-corrected chi connectivity index (χ3v) is 7.73. The molecule has 0 fully saturated rings. The highest BCUT2D eigenvalue weighted by molar-refractivity contribution is 7.85. The predicted molar refractivity (Wildman–Crippen MR) is 113 cm³/mol. The number of aromatic hydroxyl groups is 1. The van der Waals surface area contributed by atoms with E-state index < -0.39 is 7.14 Å². The van der Waals surface area contributed by atoms with Crippen molar-refractivity contribution in [2.75, 3.05) is 0 Å². The van der Waals surface area contributed by atoms with Gasteiger partial charge in [-0.1, -0.05) is 97.1 Å². The first-order valence-electron chi connectivity index (χ1n) is 8.79. The van der Waals surface area contributed by atoms with Gasteiger partial charge in [-0.15, -0.1) is 0 Å². The van der Waals surface area contributed by atoms with Crippen LogP contribution < -0.4 is 15.9 Å². The number of hydrogen-bond donors (Lipinski definition) is 1. The number of hydrogen-bond acceptors (Lipinski definition) is 2. The Morgan fingerprint density at radius 2 is 1.04 bits per heavy atom. The topological polar surface area (TPSA) is 37.3 Å². The van der Waals surface area contributed by atoms with E-state index in [1.807, 2.05) is 97.1 Å².